The summed E-state index contributed by atoms with van der Waals surface area (Å²) in [6, 6.07) is 7.34. The normalized spacial score (nSPS) is 21.2. The molecule has 0 atom stereocenters. The SMILES string of the molecule is CC(C)(C)c1cc(OC2CCC(N3CC(CC#N)(n4cc(-c5ncnc6[nH]ccc56)cn4)C3)CC2)nc(C(F)(F)F)c1. The molecule has 4 aromatic rings. The first-order valence-electron chi connectivity index (χ1n) is 14.2. The second-order valence-electron chi connectivity index (χ2n) is 12.5. The number of H-pyrrole nitrogens is 1. The first kappa shape index (κ1) is 28.2. The lowest BCUT2D eigenvalue weighted by Crippen LogP contribution is -2.65. The molecule has 1 saturated heterocycles. The van der Waals surface area contributed by atoms with Gasteiger partial charge in [-0.1, -0.05) is 20.8 Å². The van der Waals surface area contributed by atoms with E-state index in [0.29, 0.717) is 31.1 Å². The number of nitriles is 1. The third kappa shape index (κ3) is 5.33. The van der Waals surface area contributed by atoms with Gasteiger partial charge in [-0.3, -0.25) is 9.58 Å². The molecule has 42 heavy (non-hydrogen) atoms. The van der Waals surface area contributed by atoms with Crippen molar-refractivity contribution in [3.8, 4) is 23.2 Å². The van der Waals surface area contributed by atoms with Crippen LogP contribution in [0.25, 0.3) is 22.3 Å². The molecule has 1 aliphatic carbocycles. The molecule has 6 rings (SSSR count). The number of hydrogen-bond acceptors (Lipinski definition) is 7. The molecule has 4 aromatic heterocycles. The van der Waals surface area contributed by atoms with Crippen LogP contribution < -0.4 is 4.74 Å². The Labute approximate surface area is 241 Å². The Morgan fingerprint density at radius 1 is 1.12 bits per heavy atom. The van der Waals surface area contributed by atoms with E-state index < -0.39 is 22.8 Å². The van der Waals surface area contributed by atoms with Gasteiger partial charge in [-0.2, -0.15) is 23.5 Å². The second kappa shape index (κ2) is 10.4. The molecule has 5 heterocycles. The molecule has 1 N–H and O–H groups in total. The quantitative estimate of drug-likeness (QED) is 0.306. The topological polar surface area (TPSA) is 109 Å². The monoisotopic (exact) mass is 578 g/mol. The van der Waals surface area contributed by atoms with Crippen LogP contribution in [0.15, 0.2) is 43.1 Å². The van der Waals surface area contributed by atoms with Gasteiger partial charge < -0.3 is 9.72 Å². The highest BCUT2D eigenvalue weighted by Crippen LogP contribution is 2.39. The number of aromatic amines is 1. The minimum absolute atomic E-state index is 0.0327. The largest absolute Gasteiger partial charge is 0.474 e. The summed E-state index contributed by atoms with van der Waals surface area (Å²) in [5.41, 5.74) is 1.15. The summed E-state index contributed by atoms with van der Waals surface area (Å²) in [4.78, 5) is 18.0. The van der Waals surface area contributed by atoms with Gasteiger partial charge in [-0.25, -0.2) is 15.0 Å². The van der Waals surface area contributed by atoms with Crippen molar-refractivity contribution in [2.75, 3.05) is 13.1 Å². The van der Waals surface area contributed by atoms with E-state index in [0.717, 1.165) is 54.0 Å². The van der Waals surface area contributed by atoms with E-state index >= 15 is 0 Å². The van der Waals surface area contributed by atoms with E-state index in [1.54, 1.807) is 12.3 Å². The highest BCUT2D eigenvalue weighted by molar-refractivity contribution is 5.90. The molecule has 1 saturated carbocycles. The molecule has 12 heteroatoms. The Bertz CT molecular complexity index is 1580. The summed E-state index contributed by atoms with van der Waals surface area (Å²) in [5, 5.41) is 15.2. The Morgan fingerprint density at radius 3 is 2.57 bits per heavy atom. The van der Waals surface area contributed by atoms with E-state index in [1.807, 2.05) is 43.9 Å². The molecule has 0 unspecified atom stereocenters. The fourth-order valence-electron chi connectivity index (χ4n) is 6.10. The Morgan fingerprint density at radius 2 is 1.88 bits per heavy atom. The number of halogens is 3. The van der Waals surface area contributed by atoms with E-state index in [-0.39, 0.29) is 12.0 Å². The van der Waals surface area contributed by atoms with Crippen molar-refractivity contribution in [3.63, 3.8) is 0 Å². The summed E-state index contributed by atoms with van der Waals surface area (Å²) < 4.78 is 48.5. The standard InChI is InChI=1S/C30H33F3N8O/c1-28(2,3)20-12-24(30(31,32)33)39-25(13-20)42-22-6-4-21(5-7-22)40-16-29(17-40,9-10-34)41-15-19(14-38-41)26-23-8-11-35-27(23)37-18-36-26/h8,11-15,18,21-22H,4-7,9,16-17H2,1-3H3,(H,35,36,37). The maximum Gasteiger partial charge on any atom is 0.433 e. The number of nitrogens with zero attached hydrogens (tertiary/aromatic N) is 7. The molecule has 220 valence electrons. The van der Waals surface area contributed by atoms with Crippen LogP contribution in [-0.4, -0.2) is 59.9 Å². The van der Waals surface area contributed by atoms with Crippen LogP contribution in [-0.2, 0) is 17.1 Å². The highest BCUT2D eigenvalue weighted by atomic mass is 19.4. The molecule has 0 bridgehead atoms. The van der Waals surface area contributed by atoms with Crippen LogP contribution in [0.1, 0.15) is 64.1 Å². The Hall–Kier alpha value is -3.98. The molecule has 0 amide bonds. The predicted octanol–water partition coefficient (Wildman–Crippen LogP) is 5.85. The molecule has 2 fully saturated rings. The number of likely N-dealkylation sites (tertiary alicyclic amines) is 1. The number of aromatic nitrogens is 6. The van der Waals surface area contributed by atoms with Gasteiger partial charge >= 0.3 is 6.18 Å². The van der Waals surface area contributed by atoms with Crippen LogP contribution in [0.3, 0.4) is 0 Å². The fourth-order valence-corrected chi connectivity index (χ4v) is 6.10. The lowest BCUT2D eigenvalue weighted by molar-refractivity contribution is -0.141. The van der Waals surface area contributed by atoms with Gasteiger partial charge in [0.25, 0.3) is 0 Å². The zero-order valence-corrected chi connectivity index (χ0v) is 23.8. The number of hydrogen-bond donors (Lipinski definition) is 1. The zero-order chi connectivity index (χ0) is 29.7. The summed E-state index contributed by atoms with van der Waals surface area (Å²) in [7, 11) is 0. The van der Waals surface area contributed by atoms with Crippen molar-refractivity contribution >= 4 is 11.0 Å². The number of alkyl halides is 3. The van der Waals surface area contributed by atoms with Crippen LogP contribution in [0.4, 0.5) is 13.2 Å². The van der Waals surface area contributed by atoms with E-state index in [2.05, 4.69) is 36.0 Å². The molecule has 0 radical (unpaired) electrons. The van der Waals surface area contributed by atoms with Gasteiger partial charge in [-0.05, 0) is 48.8 Å². The predicted molar refractivity (Wildman–Crippen MR) is 149 cm³/mol. The van der Waals surface area contributed by atoms with Crippen molar-refractivity contribution in [1.29, 1.82) is 5.26 Å². The number of ether oxygens (including phenoxy) is 1. The van der Waals surface area contributed by atoms with Crippen LogP contribution in [0.5, 0.6) is 5.88 Å². The third-order valence-corrected chi connectivity index (χ3v) is 8.50. The molecule has 2 aliphatic rings. The molecule has 9 nitrogen and oxygen atoms in total. The van der Waals surface area contributed by atoms with Crippen LogP contribution in [0, 0.1) is 11.3 Å². The lowest BCUT2D eigenvalue weighted by Gasteiger charge is -2.53. The fraction of sp³-hybridized carbons (Fsp3) is 0.500. The summed E-state index contributed by atoms with van der Waals surface area (Å²) in [6.07, 6.45) is 5.86. The number of rotatable bonds is 6. The minimum Gasteiger partial charge on any atom is -0.474 e. The zero-order valence-electron chi connectivity index (χ0n) is 23.8. The van der Waals surface area contributed by atoms with E-state index in [1.165, 1.54) is 6.33 Å². The molecular formula is C30H33F3N8O. The molecular weight excluding hydrogens is 545 g/mol. The average molecular weight is 579 g/mol. The first-order valence-corrected chi connectivity index (χ1v) is 14.2. The summed E-state index contributed by atoms with van der Waals surface area (Å²) in [5.74, 6) is 0.0327. The van der Waals surface area contributed by atoms with Crippen molar-refractivity contribution < 1.29 is 17.9 Å². The van der Waals surface area contributed by atoms with Crippen molar-refractivity contribution in [2.24, 2.45) is 0 Å². The Balaban J connectivity index is 1.10. The maximum atomic E-state index is 13.5. The summed E-state index contributed by atoms with van der Waals surface area (Å²) >= 11 is 0. The van der Waals surface area contributed by atoms with Crippen molar-refractivity contribution in [1.82, 2.24) is 34.6 Å². The number of pyridine rings is 1. The van der Waals surface area contributed by atoms with Crippen LogP contribution >= 0.6 is 0 Å². The minimum atomic E-state index is -4.54. The molecule has 0 aromatic carbocycles. The third-order valence-electron chi connectivity index (χ3n) is 8.50. The smallest absolute Gasteiger partial charge is 0.433 e. The van der Waals surface area contributed by atoms with Crippen molar-refractivity contribution in [2.45, 2.75) is 82.2 Å². The highest BCUT2D eigenvalue weighted by Gasteiger charge is 2.48. The van der Waals surface area contributed by atoms with Crippen LogP contribution in [0.2, 0.25) is 0 Å². The van der Waals surface area contributed by atoms with Gasteiger partial charge in [0.15, 0.2) is 0 Å². The average Bonchev–Trinajstić information content (AvgIpc) is 3.60. The van der Waals surface area contributed by atoms with Crippen molar-refractivity contribution in [3.05, 3.63) is 54.4 Å². The maximum absolute atomic E-state index is 13.5. The lowest BCUT2D eigenvalue weighted by atomic mass is 9.82. The van der Waals surface area contributed by atoms with E-state index in [9.17, 15) is 18.4 Å². The first-order chi connectivity index (χ1) is 19.9. The van der Waals surface area contributed by atoms with Gasteiger partial charge in [-0.15, -0.1) is 0 Å². The second-order valence-corrected chi connectivity index (χ2v) is 12.5. The van der Waals surface area contributed by atoms with Gasteiger partial charge in [0, 0.05) is 48.5 Å². The molecule has 0 spiro atoms. The van der Waals surface area contributed by atoms with Gasteiger partial charge in [0.1, 0.15) is 29.3 Å². The molecule has 1 aliphatic heterocycles. The number of nitrogens with one attached hydrogen (secondary N) is 1. The van der Waals surface area contributed by atoms with Gasteiger partial charge in [0.2, 0.25) is 5.88 Å². The van der Waals surface area contributed by atoms with E-state index in [4.69, 9.17) is 4.74 Å². The summed E-state index contributed by atoms with van der Waals surface area (Å²) in [6.45, 7) is 7.02. The van der Waals surface area contributed by atoms with Gasteiger partial charge in [0.05, 0.1) is 24.4 Å². The number of fused-ring (bicyclic) bond motifs is 1. The Kier molecular flexibility index (Phi) is 6.96.